The summed E-state index contributed by atoms with van der Waals surface area (Å²) in [6.07, 6.45) is 10.3. The number of hydrogen-bond donors (Lipinski definition) is 0. The molecule has 1 saturated heterocycles. The van der Waals surface area contributed by atoms with Crippen molar-refractivity contribution in [2.75, 3.05) is 6.54 Å². The molecule has 1 aromatic heterocycles. The molecule has 4 rings (SSSR count). The van der Waals surface area contributed by atoms with Crippen LogP contribution in [0.25, 0.3) is 0 Å². The zero-order chi connectivity index (χ0) is 19.7. The number of urea groups is 1. The van der Waals surface area contributed by atoms with E-state index in [-0.39, 0.29) is 36.1 Å². The van der Waals surface area contributed by atoms with Crippen molar-refractivity contribution in [2.45, 2.75) is 44.1 Å². The molecule has 2 amide bonds. The van der Waals surface area contributed by atoms with Crippen molar-refractivity contribution in [3.63, 3.8) is 0 Å². The number of rotatable bonds is 3. The van der Waals surface area contributed by atoms with Crippen molar-refractivity contribution in [2.24, 2.45) is 5.10 Å². The Kier molecular flexibility index (Phi) is 4.92. The van der Waals surface area contributed by atoms with Crippen LogP contribution in [0.15, 0.2) is 47.6 Å². The van der Waals surface area contributed by atoms with Crippen LogP contribution < -0.4 is 0 Å². The van der Waals surface area contributed by atoms with Gasteiger partial charge in [0.2, 0.25) is 0 Å². The SMILES string of the molecule is C[C@H]1[C@@H](OC2C=CC(F)=CC2)CN1C(=O)N1N=CC[C@H]1c1cncc(C#N)c1. The van der Waals surface area contributed by atoms with E-state index in [0.717, 1.165) is 5.56 Å². The predicted molar refractivity (Wildman–Crippen MR) is 99.8 cm³/mol. The summed E-state index contributed by atoms with van der Waals surface area (Å²) in [5, 5.41) is 14.8. The fourth-order valence-electron chi connectivity index (χ4n) is 3.59. The molecule has 0 saturated carbocycles. The Morgan fingerprint density at radius 3 is 2.96 bits per heavy atom. The van der Waals surface area contributed by atoms with E-state index in [9.17, 15) is 9.18 Å². The molecule has 28 heavy (non-hydrogen) atoms. The van der Waals surface area contributed by atoms with Crippen LogP contribution in [0.1, 0.15) is 36.9 Å². The summed E-state index contributed by atoms with van der Waals surface area (Å²) in [5.41, 5.74) is 1.24. The summed E-state index contributed by atoms with van der Waals surface area (Å²) in [6, 6.07) is 3.24. The van der Waals surface area contributed by atoms with Crippen molar-refractivity contribution < 1.29 is 13.9 Å². The highest BCUT2D eigenvalue weighted by atomic mass is 19.1. The van der Waals surface area contributed by atoms with Gasteiger partial charge in [-0.15, -0.1) is 0 Å². The highest BCUT2D eigenvalue weighted by Gasteiger charge is 2.44. The molecular formula is C20H20FN5O2. The van der Waals surface area contributed by atoms with Crippen LogP contribution in [0.4, 0.5) is 9.18 Å². The van der Waals surface area contributed by atoms with Crippen LogP contribution in [-0.4, -0.2) is 51.9 Å². The van der Waals surface area contributed by atoms with Crippen LogP contribution in [0, 0.1) is 11.3 Å². The second kappa shape index (κ2) is 7.52. The number of nitriles is 1. The van der Waals surface area contributed by atoms with Gasteiger partial charge in [-0.05, 0) is 37.1 Å². The van der Waals surface area contributed by atoms with Gasteiger partial charge in [0.1, 0.15) is 11.9 Å². The number of aromatic nitrogens is 1. The van der Waals surface area contributed by atoms with E-state index in [0.29, 0.717) is 24.9 Å². The first-order valence-electron chi connectivity index (χ1n) is 9.23. The molecular weight excluding hydrogens is 361 g/mol. The predicted octanol–water partition coefficient (Wildman–Crippen LogP) is 3.08. The molecule has 0 spiro atoms. The first-order chi connectivity index (χ1) is 13.6. The minimum Gasteiger partial charge on any atom is -0.367 e. The van der Waals surface area contributed by atoms with Gasteiger partial charge in [-0.3, -0.25) is 4.98 Å². The Hall–Kier alpha value is -3.05. The molecule has 8 heteroatoms. The third-order valence-corrected chi connectivity index (χ3v) is 5.32. The molecule has 1 fully saturated rings. The summed E-state index contributed by atoms with van der Waals surface area (Å²) in [6.45, 7) is 2.40. The molecule has 3 heterocycles. The van der Waals surface area contributed by atoms with Crippen molar-refractivity contribution in [3.8, 4) is 6.07 Å². The molecule has 1 unspecified atom stereocenters. The fraction of sp³-hybridized carbons (Fsp3) is 0.400. The number of ether oxygens (including phenoxy) is 1. The van der Waals surface area contributed by atoms with Crippen LogP contribution in [0.2, 0.25) is 0 Å². The molecule has 7 nitrogen and oxygen atoms in total. The lowest BCUT2D eigenvalue weighted by atomic mass is 10.00. The smallest absolute Gasteiger partial charge is 0.341 e. The van der Waals surface area contributed by atoms with E-state index < -0.39 is 0 Å². The Morgan fingerprint density at radius 2 is 2.25 bits per heavy atom. The van der Waals surface area contributed by atoms with Crippen LogP contribution in [0.5, 0.6) is 0 Å². The first-order valence-corrected chi connectivity index (χ1v) is 9.23. The Balaban J connectivity index is 1.38. The number of carbonyl (C=O) groups excluding carboxylic acids is 1. The van der Waals surface area contributed by atoms with Crippen molar-refractivity contribution >= 4 is 12.2 Å². The van der Waals surface area contributed by atoms with E-state index in [1.54, 1.807) is 29.5 Å². The van der Waals surface area contributed by atoms with Gasteiger partial charge in [-0.25, -0.2) is 14.2 Å². The monoisotopic (exact) mass is 381 g/mol. The van der Waals surface area contributed by atoms with Gasteiger partial charge in [0, 0.05) is 25.0 Å². The largest absolute Gasteiger partial charge is 0.367 e. The Bertz CT molecular complexity index is 906. The molecule has 1 aromatic rings. The topological polar surface area (TPSA) is 81.8 Å². The molecule has 0 bridgehead atoms. The highest BCUT2D eigenvalue weighted by Crippen LogP contribution is 2.33. The third-order valence-electron chi connectivity index (χ3n) is 5.32. The van der Waals surface area contributed by atoms with Gasteiger partial charge in [-0.1, -0.05) is 6.08 Å². The molecule has 3 aliphatic rings. The lowest BCUT2D eigenvalue weighted by Gasteiger charge is -2.48. The minimum atomic E-state index is -0.269. The Morgan fingerprint density at radius 1 is 1.39 bits per heavy atom. The second-order valence-electron chi connectivity index (χ2n) is 7.09. The number of likely N-dealkylation sites (tertiary alicyclic amines) is 1. The van der Waals surface area contributed by atoms with E-state index in [4.69, 9.17) is 10.00 Å². The normalized spacial score (nSPS) is 28.7. The highest BCUT2D eigenvalue weighted by molar-refractivity contribution is 5.79. The van der Waals surface area contributed by atoms with Crippen LogP contribution in [0.3, 0.4) is 0 Å². The molecule has 0 radical (unpaired) electrons. The second-order valence-corrected chi connectivity index (χ2v) is 7.09. The van der Waals surface area contributed by atoms with Crippen molar-refractivity contribution in [1.82, 2.24) is 14.9 Å². The number of pyridine rings is 1. The number of nitrogens with zero attached hydrogens (tertiary/aromatic N) is 5. The van der Waals surface area contributed by atoms with Gasteiger partial charge < -0.3 is 9.64 Å². The van der Waals surface area contributed by atoms with E-state index in [2.05, 4.69) is 16.2 Å². The fourth-order valence-corrected chi connectivity index (χ4v) is 3.59. The van der Waals surface area contributed by atoms with Gasteiger partial charge in [0.05, 0.1) is 36.4 Å². The lowest BCUT2D eigenvalue weighted by molar-refractivity contribution is -0.100. The van der Waals surface area contributed by atoms with E-state index >= 15 is 0 Å². The van der Waals surface area contributed by atoms with Crippen molar-refractivity contribution in [3.05, 3.63) is 53.6 Å². The molecule has 1 aliphatic carbocycles. The zero-order valence-electron chi connectivity index (χ0n) is 15.4. The Labute approximate surface area is 162 Å². The van der Waals surface area contributed by atoms with E-state index in [1.807, 2.05) is 6.92 Å². The first kappa shape index (κ1) is 18.3. The zero-order valence-corrected chi connectivity index (χ0v) is 15.4. The standard InChI is InChI=1S/C20H20FN5O2/c1-13-19(28-17-4-2-16(21)3-5-17)12-25(13)20(27)26-18(6-7-24-26)15-8-14(9-22)10-23-11-15/h2-4,7-8,10-11,13,17-19H,5-6,12H2,1H3/t13-,17?,18-,19-/m0/s1. The van der Waals surface area contributed by atoms with Crippen LogP contribution in [-0.2, 0) is 4.74 Å². The summed E-state index contributed by atoms with van der Waals surface area (Å²) in [5.74, 6) is -0.244. The van der Waals surface area contributed by atoms with Crippen LogP contribution >= 0.6 is 0 Å². The summed E-state index contributed by atoms with van der Waals surface area (Å²) in [4.78, 5) is 18.8. The molecule has 0 aromatic carbocycles. The van der Waals surface area contributed by atoms with Gasteiger partial charge >= 0.3 is 6.03 Å². The number of hydrazone groups is 1. The molecule has 2 aliphatic heterocycles. The number of halogens is 1. The average molecular weight is 381 g/mol. The minimum absolute atomic E-state index is 0.0956. The van der Waals surface area contributed by atoms with Crippen molar-refractivity contribution in [1.29, 1.82) is 5.26 Å². The average Bonchev–Trinajstić information content (AvgIpc) is 3.21. The third kappa shape index (κ3) is 3.41. The summed E-state index contributed by atoms with van der Waals surface area (Å²) in [7, 11) is 0. The molecule has 144 valence electrons. The number of hydrogen-bond acceptors (Lipinski definition) is 5. The quantitative estimate of drug-likeness (QED) is 0.806. The van der Waals surface area contributed by atoms with Gasteiger partial charge in [0.15, 0.2) is 0 Å². The van der Waals surface area contributed by atoms with Gasteiger partial charge in [-0.2, -0.15) is 10.4 Å². The van der Waals surface area contributed by atoms with Gasteiger partial charge in [0.25, 0.3) is 0 Å². The maximum Gasteiger partial charge on any atom is 0.341 e. The summed E-state index contributed by atoms with van der Waals surface area (Å²) >= 11 is 0. The number of amides is 2. The maximum absolute atomic E-state index is 13.1. The summed E-state index contributed by atoms with van der Waals surface area (Å²) < 4.78 is 19.0. The van der Waals surface area contributed by atoms with E-state index in [1.165, 1.54) is 23.4 Å². The number of allylic oxidation sites excluding steroid dienone is 2. The molecule has 4 atom stereocenters. The maximum atomic E-state index is 13.1. The number of carbonyl (C=O) groups is 1. The molecule has 0 N–H and O–H groups in total. The lowest BCUT2D eigenvalue weighted by Crippen LogP contribution is -2.64.